The Kier molecular flexibility index (Phi) is 2.95. The number of carboxylic acids is 1. The van der Waals surface area contributed by atoms with Crippen molar-refractivity contribution in [3.8, 4) is 0 Å². The molecule has 5 heteroatoms. The third-order valence-corrected chi connectivity index (χ3v) is 3.06. The Hall–Kier alpha value is -2.69. The molecule has 0 saturated heterocycles. The topological polar surface area (TPSA) is 55.1 Å². The molecule has 3 aromatic rings. The van der Waals surface area contributed by atoms with Crippen molar-refractivity contribution in [1.29, 1.82) is 0 Å². The molecule has 100 valence electrons. The van der Waals surface area contributed by atoms with Crippen molar-refractivity contribution in [2.75, 3.05) is 0 Å². The second-order valence-corrected chi connectivity index (χ2v) is 4.53. The van der Waals surface area contributed by atoms with Gasteiger partial charge >= 0.3 is 5.97 Å². The summed E-state index contributed by atoms with van der Waals surface area (Å²) < 4.78 is 14.8. The van der Waals surface area contributed by atoms with Crippen molar-refractivity contribution in [2.24, 2.45) is 0 Å². The molecule has 2 aromatic carbocycles. The molecule has 0 radical (unpaired) electrons. The van der Waals surface area contributed by atoms with Gasteiger partial charge < -0.3 is 5.11 Å². The molecular formula is C15H11FN2O2. The molecule has 0 aliphatic rings. The molecule has 0 atom stereocenters. The first-order chi connectivity index (χ1) is 9.61. The summed E-state index contributed by atoms with van der Waals surface area (Å²) in [4.78, 5) is 10.8. The van der Waals surface area contributed by atoms with Gasteiger partial charge in [-0.1, -0.05) is 12.1 Å². The van der Waals surface area contributed by atoms with Gasteiger partial charge in [-0.15, -0.1) is 0 Å². The number of benzene rings is 2. The van der Waals surface area contributed by atoms with E-state index in [0.717, 1.165) is 16.5 Å². The highest BCUT2D eigenvalue weighted by Crippen LogP contribution is 2.15. The normalized spacial score (nSPS) is 10.8. The van der Waals surface area contributed by atoms with Gasteiger partial charge in [-0.3, -0.25) is 4.68 Å². The van der Waals surface area contributed by atoms with E-state index in [1.807, 2.05) is 0 Å². The van der Waals surface area contributed by atoms with Crippen LogP contribution >= 0.6 is 0 Å². The van der Waals surface area contributed by atoms with Crippen molar-refractivity contribution in [2.45, 2.75) is 6.54 Å². The SMILES string of the molecule is O=C(O)c1ccc(Cn2cc3cc(F)ccc3n2)cc1. The van der Waals surface area contributed by atoms with Crippen LogP contribution in [0.2, 0.25) is 0 Å². The molecule has 1 N–H and O–H groups in total. The minimum atomic E-state index is -0.947. The van der Waals surface area contributed by atoms with E-state index >= 15 is 0 Å². The number of aromatic nitrogens is 2. The molecule has 0 amide bonds. The minimum absolute atomic E-state index is 0.251. The van der Waals surface area contributed by atoms with Gasteiger partial charge in [-0.05, 0) is 35.9 Å². The number of carboxylic acid groups (broad SMARTS) is 1. The Morgan fingerprint density at radius 3 is 2.65 bits per heavy atom. The fourth-order valence-corrected chi connectivity index (χ4v) is 2.07. The zero-order valence-electron chi connectivity index (χ0n) is 10.5. The van der Waals surface area contributed by atoms with Crippen molar-refractivity contribution in [3.05, 3.63) is 65.6 Å². The summed E-state index contributed by atoms with van der Waals surface area (Å²) in [6.07, 6.45) is 1.77. The first-order valence-electron chi connectivity index (χ1n) is 6.07. The Bertz CT molecular complexity index is 778. The van der Waals surface area contributed by atoms with Crippen LogP contribution in [0, 0.1) is 5.82 Å². The van der Waals surface area contributed by atoms with Gasteiger partial charge in [0, 0.05) is 11.6 Å². The van der Waals surface area contributed by atoms with Crippen LogP contribution in [0.15, 0.2) is 48.7 Å². The maximum absolute atomic E-state index is 13.1. The minimum Gasteiger partial charge on any atom is -0.478 e. The third-order valence-electron chi connectivity index (χ3n) is 3.06. The van der Waals surface area contributed by atoms with E-state index in [-0.39, 0.29) is 11.4 Å². The summed E-state index contributed by atoms with van der Waals surface area (Å²) in [6.45, 7) is 0.510. The van der Waals surface area contributed by atoms with Gasteiger partial charge in [-0.25, -0.2) is 9.18 Å². The number of carbonyl (C=O) groups is 1. The lowest BCUT2D eigenvalue weighted by Crippen LogP contribution is -2.01. The monoisotopic (exact) mass is 270 g/mol. The zero-order chi connectivity index (χ0) is 14.1. The van der Waals surface area contributed by atoms with Gasteiger partial charge in [0.15, 0.2) is 0 Å². The highest BCUT2D eigenvalue weighted by atomic mass is 19.1. The Morgan fingerprint density at radius 2 is 1.95 bits per heavy atom. The average molecular weight is 270 g/mol. The second kappa shape index (κ2) is 4.77. The number of aromatic carboxylic acids is 1. The van der Waals surface area contributed by atoms with Crippen LogP contribution in [0.4, 0.5) is 4.39 Å². The first kappa shape index (κ1) is 12.3. The van der Waals surface area contributed by atoms with E-state index in [4.69, 9.17) is 5.11 Å². The number of hydrogen-bond donors (Lipinski definition) is 1. The Balaban J connectivity index is 1.87. The van der Waals surface area contributed by atoms with Crippen LogP contribution in [0.25, 0.3) is 10.9 Å². The molecule has 1 heterocycles. The van der Waals surface area contributed by atoms with Gasteiger partial charge in [0.2, 0.25) is 0 Å². The standard InChI is InChI=1S/C15H11FN2O2/c16-13-5-6-14-12(7-13)9-18(17-14)8-10-1-3-11(4-2-10)15(19)20/h1-7,9H,8H2,(H,19,20). The molecule has 0 aliphatic heterocycles. The lowest BCUT2D eigenvalue weighted by molar-refractivity contribution is 0.0697. The summed E-state index contributed by atoms with van der Waals surface area (Å²) in [5.74, 6) is -1.24. The molecule has 1 aromatic heterocycles. The molecule has 3 rings (SSSR count). The number of hydrogen-bond acceptors (Lipinski definition) is 2. The number of nitrogens with zero attached hydrogens (tertiary/aromatic N) is 2. The number of rotatable bonds is 3. The summed E-state index contributed by atoms with van der Waals surface area (Å²) in [6, 6.07) is 11.1. The highest BCUT2D eigenvalue weighted by Gasteiger charge is 2.04. The lowest BCUT2D eigenvalue weighted by atomic mass is 10.1. The van der Waals surface area contributed by atoms with E-state index in [0.29, 0.717) is 6.54 Å². The maximum Gasteiger partial charge on any atom is 0.335 e. The molecule has 0 unspecified atom stereocenters. The van der Waals surface area contributed by atoms with E-state index < -0.39 is 5.97 Å². The zero-order valence-corrected chi connectivity index (χ0v) is 10.5. The van der Waals surface area contributed by atoms with Gasteiger partial charge in [0.1, 0.15) is 5.82 Å². The predicted octanol–water partition coefficient (Wildman–Crippen LogP) is 2.92. The maximum atomic E-state index is 13.1. The fraction of sp³-hybridized carbons (Fsp3) is 0.0667. The summed E-state index contributed by atoms with van der Waals surface area (Å²) in [5.41, 5.74) is 1.92. The van der Waals surface area contributed by atoms with Gasteiger partial charge in [-0.2, -0.15) is 5.10 Å². The van der Waals surface area contributed by atoms with E-state index in [2.05, 4.69) is 5.10 Å². The van der Waals surface area contributed by atoms with Gasteiger partial charge in [0.25, 0.3) is 0 Å². The van der Waals surface area contributed by atoms with Crippen molar-refractivity contribution in [1.82, 2.24) is 9.78 Å². The molecule has 0 bridgehead atoms. The van der Waals surface area contributed by atoms with Gasteiger partial charge in [0.05, 0.1) is 17.6 Å². The molecule has 0 saturated carbocycles. The first-order valence-corrected chi connectivity index (χ1v) is 6.07. The Labute approximate surface area is 114 Å². The van der Waals surface area contributed by atoms with Crippen LogP contribution < -0.4 is 0 Å². The van der Waals surface area contributed by atoms with E-state index in [9.17, 15) is 9.18 Å². The molecule has 0 spiro atoms. The van der Waals surface area contributed by atoms with Crippen LogP contribution in [0.3, 0.4) is 0 Å². The van der Waals surface area contributed by atoms with E-state index in [1.54, 1.807) is 41.2 Å². The third kappa shape index (κ3) is 2.38. The molecule has 0 aliphatic carbocycles. The van der Waals surface area contributed by atoms with Crippen LogP contribution in [-0.2, 0) is 6.54 Å². The van der Waals surface area contributed by atoms with E-state index in [1.165, 1.54) is 12.1 Å². The molecular weight excluding hydrogens is 259 g/mol. The Morgan fingerprint density at radius 1 is 1.20 bits per heavy atom. The van der Waals surface area contributed by atoms with Crippen LogP contribution in [-0.4, -0.2) is 20.9 Å². The summed E-state index contributed by atoms with van der Waals surface area (Å²) in [5, 5.41) is 13.9. The average Bonchev–Trinajstić information content (AvgIpc) is 2.80. The van der Waals surface area contributed by atoms with Crippen molar-refractivity contribution >= 4 is 16.9 Å². The van der Waals surface area contributed by atoms with Crippen molar-refractivity contribution < 1.29 is 14.3 Å². The number of fused-ring (bicyclic) bond motifs is 1. The fourth-order valence-electron chi connectivity index (χ4n) is 2.07. The summed E-state index contributed by atoms with van der Waals surface area (Å²) in [7, 11) is 0. The van der Waals surface area contributed by atoms with Crippen molar-refractivity contribution in [3.63, 3.8) is 0 Å². The second-order valence-electron chi connectivity index (χ2n) is 4.53. The largest absolute Gasteiger partial charge is 0.478 e. The summed E-state index contributed by atoms with van der Waals surface area (Å²) >= 11 is 0. The molecule has 0 fully saturated rings. The number of halogens is 1. The molecule has 4 nitrogen and oxygen atoms in total. The highest BCUT2D eigenvalue weighted by molar-refractivity contribution is 5.87. The lowest BCUT2D eigenvalue weighted by Gasteiger charge is -2.02. The van der Waals surface area contributed by atoms with Crippen LogP contribution in [0.5, 0.6) is 0 Å². The quantitative estimate of drug-likeness (QED) is 0.796. The van der Waals surface area contributed by atoms with Crippen LogP contribution in [0.1, 0.15) is 15.9 Å². The predicted molar refractivity (Wildman–Crippen MR) is 72.2 cm³/mol. The smallest absolute Gasteiger partial charge is 0.335 e. The molecule has 20 heavy (non-hydrogen) atoms.